The largest absolute Gasteiger partial charge is 0.451 e. The molecule has 0 radical (unpaired) electrons. The van der Waals surface area contributed by atoms with E-state index in [4.69, 9.17) is 4.42 Å². The molecule has 3 aromatic rings. The second-order valence-corrected chi connectivity index (χ2v) is 8.32. The van der Waals surface area contributed by atoms with Crippen molar-refractivity contribution in [1.82, 2.24) is 4.90 Å². The summed E-state index contributed by atoms with van der Waals surface area (Å²) in [7, 11) is 0. The van der Waals surface area contributed by atoms with Gasteiger partial charge in [0.1, 0.15) is 11.4 Å². The van der Waals surface area contributed by atoms with E-state index in [0.29, 0.717) is 11.8 Å². The van der Waals surface area contributed by atoms with Crippen molar-refractivity contribution < 1.29 is 27.3 Å². The molecular formula is C22H17BrF3N3O4. The lowest BCUT2D eigenvalue weighted by atomic mass is 10.1. The Morgan fingerprint density at radius 2 is 1.67 bits per heavy atom. The van der Waals surface area contributed by atoms with Crippen LogP contribution in [0.25, 0.3) is 11.3 Å². The van der Waals surface area contributed by atoms with Crippen molar-refractivity contribution in [2.45, 2.75) is 6.18 Å². The molecule has 33 heavy (non-hydrogen) atoms. The number of amides is 1. The average molecular weight is 524 g/mol. The summed E-state index contributed by atoms with van der Waals surface area (Å²) < 4.78 is 45.5. The number of nitro groups is 1. The minimum absolute atomic E-state index is 0.0932. The summed E-state index contributed by atoms with van der Waals surface area (Å²) in [5.41, 5.74) is -0.784. The van der Waals surface area contributed by atoms with Gasteiger partial charge in [0.25, 0.3) is 11.6 Å². The Morgan fingerprint density at radius 3 is 2.27 bits per heavy atom. The van der Waals surface area contributed by atoms with E-state index in [0.717, 1.165) is 22.2 Å². The van der Waals surface area contributed by atoms with Crippen LogP contribution < -0.4 is 4.90 Å². The fourth-order valence-corrected chi connectivity index (χ4v) is 3.91. The summed E-state index contributed by atoms with van der Waals surface area (Å²) in [6.07, 6.45) is -4.67. The molecule has 1 amide bonds. The van der Waals surface area contributed by atoms with Crippen molar-refractivity contribution in [2.75, 3.05) is 31.1 Å². The van der Waals surface area contributed by atoms with Gasteiger partial charge in [-0.3, -0.25) is 14.9 Å². The zero-order chi connectivity index (χ0) is 23.8. The predicted octanol–water partition coefficient (Wildman–Crippen LogP) is 5.60. The second-order valence-electron chi connectivity index (χ2n) is 7.41. The number of benzene rings is 2. The van der Waals surface area contributed by atoms with Crippen LogP contribution in [0.5, 0.6) is 0 Å². The zero-order valence-electron chi connectivity index (χ0n) is 17.0. The molecule has 1 aromatic heterocycles. The van der Waals surface area contributed by atoms with Crippen molar-refractivity contribution in [3.8, 4) is 11.3 Å². The molecule has 0 bridgehead atoms. The van der Waals surface area contributed by atoms with E-state index in [1.807, 2.05) is 24.3 Å². The van der Waals surface area contributed by atoms with Crippen LogP contribution >= 0.6 is 15.9 Å². The fourth-order valence-electron chi connectivity index (χ4n) is 3.64. The topological polar surface area (TPSA) is 79.8 Å². The van der Waals surface area contributed by atoms with Gasteiger partial charge in [-0.25, -0.2) is 0 Å². The Balaban J connectivity index is 1.45. The van der Waals surface area contributed by atoms with Crippen LogP contribution in [0.1, 0.15) is 16.1 Å². The monoisotopic (exact) mass is 523 g/mol. The summed E-state index contributed by atoms with van der Waals surface area (Å²) in [6, 6.07) is 13.2. The normalized spacial score (nSPS) is 14.4. The first-order valence-corrected chi connectivity index (χ1v) is 10.7. The Kier molecular flexibility index (Phi) is 6.15. The number of carbonyl (C=O) groups excluding carboxylic acids is 1. The third-order valence-corrected chi connectivity index (χ3v) is 5.88. The lowest BCUT2D eigenvalue weighted by Crippen LogP contribution is -2.48. The number of alkyl halides is 3. The summed E-state index contributed by atoms with van der Waals surface area (Å²) in [4.78, 5) is 26.6. The molecule has 0 spiro atoms. The number of furan rings is 1. The fraction of sp³-hybridized carbons (Fsp3) is 0.227. The number of hydrogen-bond acceptors (Lipinski definition) is 5. The van der Waals surface area contributed by atoms with Crippen molar-refractivity contribution in [3.63, 3.8) is 0 Å². The highest BCUT2D eigenvalue weighted by molar-refractivity contribution is 9.10. The number of piperazine rings is 1. The Bertz CT molecular complexity index is 1190. The highest BCUT2D eigenvalue weighted by atomic mass is 79.9. The number of nitro benzene ring substituents is 1. The van der Waals surface area contributed by atoms with E-state index in [9.17, 15) is 28.1 Å². The van der Waals surface area contributed by atoms with E-state index < -0.39 is 22.4 Å². The standard InChI is InChI=1S/C22H17BrF3N3O4/c23-16-4-1-14(2-5-16)19-7-8-20(33-19)21(30)28-11-9-27(10-12-28)17-6-3-15(22(24,25)26)13-18(17)29(31)32/h1-8,13H,9-12H2. The van der Waals surface area contributed by atoms with Crippen LogP contribution in [0, 0.1) is 10.1 Å². The summed E-state index contributed by atoms with van der Waals surface area (Å²) in [6.45, 7) is 0.951. The van der Waals surface area contributed by atoms with Gasteiger partial charge in [0.15, 0.2) is 5.76 Å². The molecule has 1 aliphatic rings. The van der Waals surface area contributed by atoms with Crippen LogP contribution in [-0.2, 0) is 6.18 Å². The van der Waals surface area contributed by atoms with E-state index >= 15 is 0 Å². The van der Waals surface area contributed by atoms with Crippen LogP contribution in [0.3, 0.4) is 0 Å². The van der Waals surface area contributed by atoms with E-state index in [1.165, 1.54) is 0 Å². The first-order valence-electron chi connectivity index (χ1n) is 9.89. The van der Waals surface area contributed by atoms with Gasteiger partial charge >= 0.3 is 6.18 Å². The highest BCUT2D eigenvalue weighted by Crippen LogP contribution is 2.37. The van der Waals surface area contributed by atoms with Gasteiger partial charge in [-0.05, 0) is 36.4 Å². The lowest BCUT2D eigenvalue weighted by Gasteiger charge is -2.35. The van der Waals surface area contributed by atoms with Crippen molar-refractivity contribution in [1.29, 1.82) is 0 Å². The number of hydrogen-bond donors (Lipinski definition) is 0. The van der Waals surface area contributed by atoms with Crippen molar-refractivity contribution in [2.24, 2.45) is 0 Å². The van der Waals surface area contributed by atoms with Gasteiger partial charge in [0, 0.05) is 42.3 Å². The quantitative estimate of drug-likeness (QED) is 0.328. The van der Waals surface area contributed by atoms with E-state index in [-0.39, 0.29) is 43.5 Å². The van der Waals surface area contributed by atoms with Crippen LogP contribution in [-0.4, -0.2) is 41.9 Å². The van der Waals surface area contributed by atoms with Crippen LogP contribution in [0.2, 0.25) is 0 Å². The molecule has 0 saturated carbocycles. The Labute approximate surface area is 194 Å². The highest BCUT2D eigenvalue weighted by Gasteiger charge is 2.34. The number of halogens is 4. The van der Waals surface area contributed by atoms with E-state index in [1.54, 1.807) is 21.9 Å². The molecule has 1 saturated heterocycles. The Morgan fingerprint density at radius 1 is 1.00 bits per heavy atom. The van der Waals surface area contributed by atoms with Gasteiger partial charge in [-0.1, -0.05) is 28.1 Å². The van der Waals surface area contributed by atoms with Gasteiger partial charge in [0.2, 0.25) is 0 Å². The number of carbonyl (C=O) groups is 1. The molecule has 2 aromatic carbocycles. The molecule has 0 aliphatic carbocycles. The van der Waals surface area contributed by atoms with Crippen LogP contribution in [0.15, 0.2) is 63.5 Å². The second kappa shape index (κ2) is 8.89. The minimum Gasteiger partial charge on any atom is -0.451 e. The maximum atomic E-state index is 12.9. The number of anilines is 1. The summed E-state index contributed by atoms with van der Waals surface area (Å²) >= 11 is 3.36. The minimum atomic E-state index is -4.67. The maximum absolute atomic E-state index is 12.9. The first kappa shape index (κ1) is 22.8. The SMILES string of the molecule is O=C(c1ccc(-c2ccc(Br)cc2)o1)N1CCN(c2ccc(C(F)(F)F)cc2[N+](=O)[O-])CC1. The van der Waals surface area contributed by atoms with Gasteiger partial charge in [0.05, 0.1) is 10.5 Å². The van der Waals surface area contributed by atoms with Gasteiger partial charge < -0.3 is 14.2 Å². The lowest BCUT2D eigenvalue weighted by molar-refractivity contribution is -0.384. The third kappa shape index (κ3) is 4.87. The van der Waals surface area contributed by atoms with E-state index in [2.05, 4.69) is 15.9 Å². The molecule has 7 nitrogen and oxygen atoms in total. The molecule has 172 valence electrons. The van der Waals surface area contributed by atoms with Gasteiger partial charge in [-0.15, -0.1) is 0 Å². The first-order chi connectivity index (χ1) is 15.6. The van der Waals surface area contributed by atoms with Gasteiger partial charge in [-0.2, -0.15) is 13.2 Å². The number of rotatable bonds is 4. The van der Waals surface area contributed by atoms with Crippen molar-refractivity contribution >= 4 is 33.2 Å². The maximum Gasteiger partial charge on any atom is 0.416 e. The molecule has 0 unspecified atom stereocenters. The third-order valence-electron chi connectivity index (χ3n) is 5.35. The molecule has 0 atom stereocenters. The summed E-state index contributed by atoms with van der Waals surface area (Å²) in [5, 5.41) is 11.4. The molecule has 11 heteroatoms. The Hall–Kier alpha value is -3.34. The number of nitrogens with zero attached hydrogens (tertiary/aromatic N) is 3. The smallest absolute Gasteiger partial charge is 0.416 e. The summed E-state index contributed by atoms with van der Waals surface area (Å²) in [5.74, 6) is 0.395. The molecule has 1 fully saturated rings. The van der Waals surface area contributed by atoms with Crippen LogP contribution in [0.4, 0.5) is 24.5 Å². The predicted molar refractivity (Wildman–Crippen MR) is 118 cm³/mol. The zero-order valence-corrected chi connectivity index (χ0v) is 18.6. The molecule has 1 aliphatic heterocycles. The average Bonchev–Trinajstić information content (AvgIpc) is 3.28. The molecule has 4 rings (SSSR count). The molecule has 0 N–H and O–H groups in total. The molecular weight excluding hydrogens is 507 g/mol. The van der Waals surface area contributed by atoms with Crippen molar-refractivity contribution in [3.05, 3.63) is 80.5 Å². The molecule has 2 heterocycles.